The number of aliphatic hydroxyl groups is 1. The van der Waals surface area contributed by atoms with Gasteiger partial charge in [0.25, 0.3) is 0 Å². The van der Waals surface area contributed by atoms with Crippen LogP contribution in [0.2, 0.25) is 0 Å². The number of ether oxygens (including phenoxy) is 1. The molecule has 0 aromatic rings. The van der Waals surface area contributed by atoms with Crippen LogP contribution in [-0.2, 0) is 9.53 Å². The van der Waals surface area contributed by atoms with Crippen LogP contribution < -0.4 is 0 Å². The fourth-order valence-corrected chi connectivity index (χ4v) is 1.47. The summed E-state index contributed by atoms with van der Waals surface area (Å²) in [5, 5.41) is 8.54. The first kappa shape index (κ1) is 15.2. The molecule has 0 aliphatic carbocycles. The van der Waals surface area contributed by atoms with Crippen molar-refractivity contribution < 1.29 is 14.6 Å². The van der Waals surface area contributed by atoms with Crippen molar-refractivity contribution in [1.29, 1.82) is 0 Å². The van der Waals surface area contributed by atoms with E-state index in [2.05, 4.69) is 10.8 Å². The van der Waals surface area contributed by atoms with Crippen molar-refractivity contribution in [2.24, 2.45) is 0 Å². The Labute approximate surface area is 98.5 Å². The SMILES string of the molecule is COC(=O)CCCCCCC/C=C\CCO. The average Bonchev–Trinajstić information content (AvgIpc) is 2.31. The predicted octanol–water partition coefficient (Wildman–Crippen LogP) is 2.83. The molecule has 0 aromatic heterocycles. The zero-order chi connectivity index (χ0) is 12.1. The summed E-state index contributed by atoms with van der Waals surface area (Å²) in [6, 6.07) is 0. The Morgan fingerprint density at radius 2 is 1.69 bits per heavy atom. The fourth-order valence-electron chi connectivity index (χ4n) is 1.47. The Morgan fingerprint density at radius 1 is 1.06 bits per heavy atom. The smallest absolute Gasteiger partial charge is 0.305 e. The minimum Gasteiger partial charge on any atom is -0.469 e. The molecule has 0 unspecified atom stereocenters. The van der Waals surface area contributed by atoms with Gasteiger partial charge in [-0.15, -0.1) is 0 Å². The predicted molar refractivity (Wildman–Crippen MR) is 65.2 cm³/mol. The second-order valence-corrected chi connectivity index (χ2v) is 3.87. The van der Waals surface area contributed by atoms with Gasteiger partial charge in [-0.2, -0.15) is 0 Å². The summed E-state index contributed by atoms with van der Waals surface area (Å²) in [4.78, 5) is 10.8. The van der Waals surface area contributed by atoms with E-state index in [0.717, 1.165) is 25.7 Å². The van der Waals surface area contributed by atoms with Crippen LogP contribution in [0.25, 0.3) is 0 Å². The minimum absolute atomic E-state index is 0.105. The van der Waals surface area contributed by atoms with Crippen molar-refractivity contribution in [3.05, 3.63) is 12.2 Å². The van der Waals surface area contributed by atoms with E-state index in [4.69, 9.17) is 5.11 Å². The van der Waals surface area contributed by atoms with E-state index < -0.39 is 0 Å². The molecule has 3 nitrogen and oxygen atoms in total. The number of hydrogen-bond donors (Lipinski definition) is 1. The van der Waals surface area contributed by atoms with E-state index in [1.807, 2.05) is 6.08 Å². The quantitative estimate of drug-likeness (QED) is 0.355. The van der Waals surface area contributed by atoms with Gasteiger partial charge in [-0.05, 0) is 25.7 Å². The maximum Gasteiger partial charge on any atom is 0.305 e. The van der Waals surface area contributed by atoms with Crippen LogP contribution in [0.4, 0.5) is 0 Å². The zero-order valence-corrected chi connectivity index (χ0v) is 10.3. The van der Waals surface area contributed by atoms with Crippen molar-refractivity contribution in [2.75, 3.05) is 13.7 Å². The highest BCUT2D eigenvalue weighted by atomic mass is 16.5. The number of carbonyl (C=O) groups is 1. The van der Waals surface area contributed by atoms with Crippen LogP contribution in [0.3, 0.4) is 0 Å². The van der Waals surface area contributed by atoms with E-state index in [0.29, 0.717) is 6.42 Å². The molecule has 0 saturated heterocycles. The summed E-state index contributed by atoms with van der Waals surface area (Å²) >= 11 is 0. The van der Waals surface area contributed by atoms with Gasteiger partial charge in [0.2, 0.25) is 0 Å². The molecule has 0 aliphatic heterocycles. The molecule has 94 valence electrons. The van der Waals surface area contributed by atoms with Crippen LogP contribution in [0.5, 0.6) is 0 Å². The lowest BCUT2D eigenvalue weighted by molar-refractivity contribution is -0.140. The summed E-state index contributed by atoms with van der Waals surface area (Å²) in [5.74, 6) is -0.105. The summed E-state index contributed by atoms with van der Waals surface area (Å²) in [7, 11) is 1.43. The fraction of sp³-hybridized carbons (Fsp3) is 0.769. The van der Waals surface area contributed by atoms with Crippen molar-refractivity contribution >= 4 is 5.97 Å². The molecule has 16 heavy (non-hydrogen) atoms. The molecular weight excluding hydrogens is 204 g/mol. The highest BCUT2D eigenvalue weighted by Crippen LogP contribution is 2.08. The van der Waals surface area contributed by atoms with Gasteiger partial charge in [0.05, 0.1) is 7.11 Å². The lowest BCUT2D eigenvalue weighted by Crippen LogP contribution is -1.98. The van der Waals surface area contributed by atoms with Gasteiger partial charge >= 0.3 is 5.97 Å². The van der Waals surface area contributed by atoms with Crippen molar-refractivity contribution in [1.82, 2.24) is 0 Å². The summed E-state index contributed by atoms with van der Waals surface area (Å²) < 4.78 is 4.56. The van der Waals surface area contributed by atoms with Crippen molar-refractivity contribution in [2.45, 2.75) is 51.4 Å². The largest absolute Gasteiger partial charge is 0.469 e. The Morgan fingerprint density at radius 3 is 2.38 bits per heavy atom. The number of unbranched alkanes of at least 4 members (excludes halogenated alkanes) is 5. The maximum absolute atomic E-state index is 10.8. The molecule has 0 atom stereocenters. The van der Waals surface area contributed by atoms with Gasteiger partial charge < -0.3 is 9.84 Å². The number of aliphatic hydroxyl groups excluding tert-OH is 1. The Hall–Kier alpha value is -0.830. The average molecular weight is 228 g/mol. The van der Waals surface area contributed by atoms with E-state index in [9.17, 15) is 4.79 Å². The molecule has 1 N–H and O–H groups in total. The second-order valence-electron chi connectivity index (χ2n) is 3.87. The third-order valence-electron chi connectivity index (χ3n) is 2.44. The number of methoxy groups -OCH3 is 1. The molecule has 0 amide bonds. The van der Waals surface area contributed by atoms with E-state index >= 15 is 0 Å². The van der Waals surface area contributed by atoms with Gasteiger partial charge in [-0.25, -0.2) is 0 Å². The third kappa shape index (κ3) is 11.2. The number of carbonyl (C=O) groups excluding carboxylic acids is 1. The van der Waals surface area contributed by atoms with E-state index in [1.54, 1.807) is 0 Å². The molecule has 0 aromatic carbocycles. The summed E-state index contributed by atoms with van der Waals surface area (Å²) in [6.45, 7) is 0.240. The maximum atomic E-state index is 10.8. The first-order valence-electron chi connectivity index (χ1n) is 6.14. The van der Waals surface area contributed by atoms with Crippen LogP contribution in [0, 0.1) is 0 Å². The second kappa shape index (κ2) is 12.2. The monoisotopic (exact) mass is 228 g/mol. The van der Waals surface area contributed by atoms with Crippen molar-refractivity contribution in [3.63, 3.8) is 0 Å². The highest BCUT2D eigenvalue weighted by molar-refractivity contribution is 5.68. The summed E-state index contributed by atoms with van der Waals surface area (Å²) in [6.07, 6.45) is 12.2. The standard InChI is InChI=1S/C13H24O3/c1-16-13(15)11-9-7-5-3-2-4-6-8-10-12-14/h6,8,14H,2-5,7,9-12H2,1H3/b8-6-. The van der Waals surface area contributed by atoms with Gasteiger partial charge in [0, 0.05) is 13.0 Å². The highest BCUT2D eigenvalue weighted by Gasteiger charge is 1.98. The van der Waals surface area contributed by atoms with Gasteiger partial charge in [-0.3, -0.25) is 4.79 Å². The molecule has 0 aliphatic rings. The van der Waals surface area contributed by atoms with E-state index in [1.165, 1.54) is 26.4 Å². The molecule has 3 heteroatoms. The minimum atomic E-state index is -0.105. The van der Waals surface area contributed by atoms with Crippen LogP contribution >= 0.6 is 0 Å². The molecule has 0 saturated carbocycles. The Balaban J connectivity index is 3.07. The molecule has 0 rings (SSSR count). The van der Waals surface area contributed by atoms with Gasteiger partial charge in [0.15, 0.2) is 0 Å². The number of allylic oxidation sites excluding steroid dienone is 1. The first-order valence-corrected chi connectivity index (χ1v) is 6.14. The van der Waals surface area contributed by atoms with Gasteiger partial charge in [-0.1, -0.05) is 31.4 Å². The van der Waals surface area contributed by atoms with Crippen molar-refractivity contribution in [3.8, 4) is 0 Å². The first-order chi connectivity index (χ1) is 7.81. The molecule has 0 heterocycles. The number of esters is 1. The molecule has 0 radical (unpaired) electrons. The lowest BCUT2D eigenvalue weighted by Gasteiger charge is -1.99. The topological polar surface area (TPSA) is 46.5 Å². The molecule has 0 fully saturated rings. The molecule has 0 spiro atoms. The van der Waals surface area contributed by atoms with Crippen LogP contribution in [0.15, 0.2) is 12.2 Å². The van der Waals surface area contributed by atoms with Crippen LogP contribution in [-0.4, -0.2) is 24.8 Å². The summed E-state index contributed by atoms with van der Waals surface area (Å²) in [5.41, 5.74) is 0. The zero-order valence-electron chi connectivity index (χ0n) is 10.3. The Kier molecular flexibility index (Phi) is 11.6. The van der Waals surface area contributed by atoms with Crippen LogP contribution in [0.1, 0.15) is 51.4 Å². The lowest BCUT2D eigenvalue weighted by atomic mass is 10.1. The third-order valence-corrected chi connectivity index (χ3v) is 2.44. The number of hydrogen-bond acceptors (Lipinski definition) is 3. The number of rotatable bonds is 10. The van der Waals surface area contributed by atoms with Gasteiger partial charge in [0.1, 0.15) is 0 Å². The normalized spacial score (nSPS) is 10.9. The Bertz CT molecular complexity index is 188. The molecular formula is C13H24O3. The molecule has 0 bridgehead atoms. The van der Waals surface area contributed by atoms with E-state index in [-0.39, 0.29) is 12.6 Å².